The van der Waals surface area contributed by atoms with Crippen LogP contribution in [0.15, 0.2) is 24.3 Å². The van der Waals surface area contributed by atoms with Crippen LogP contribution in [0.3, 0.4) is 0 Å². The van der Waals surface area contributed by atoms with E-state index in [1.54, 1.807) is 0 Å². The third kappa shape index (κ3) is 12.9. The Hall–Kier alpha value is -1.05. The van der Waals surface area contributed by atoms with Gasteiger partial charge in [0.25, 0.3) is 0 Å². The van der Waals surface area contributed by atoms with Gasteiger partial charge in [-0.3, -0.25) is 4.79 Å². The quantitative estimate of drug-likeness (QED) is 0.444. The minimum absolute atomic E-state index is 0.283. The average Bonchev–Trinajstić information content (AvgIpc) is 2.28. The molecule has 2 heteroatoms. The first-order chi connectivity index (χ1) is 8.16. The molecule has 0 aliphatic rings. The molecule has 2 nitrogen and oxygen atoms in total. The van der Waals surface area contributed by atoms with Crippen LogP contribution in [-0.2, 0) is 4.79 Å². The summed E-state index contributed by atoms with van der Waals surface area (Å²) in [5.74, 6) is -0.705. The molecule has 0 radical (unpaired) electrons. The molecule has 0 aromatic heterocycles. The Morgan fingerprint density at radius 1 is 1.19 bits per heavy atom. The van der Waals surface area contributed by atoms with Crippen molar-refractivity contribution in [3.05, 3.63) is 24.3 Å². The Morgan fingerprint density at radius 3 is 2.56 bits per heavy atom. The molecule has 0 unspecified atom stereocenters. The molecule has 0 saturated carbocycles. The number of carboxylic acids is 1. The highest BCUT2D eigenvalue weighted by molar-refractivity contribution is 5.66. The standard InChI is InChI=1S/C14H24O2/c1-2-3-4-5-6-7-8-9-10-11-12-13-14(15)16/h3-6H,2,7-13H2,1H3,(H,15,16)/b4-3+,6-5-/i6D. The first kappa shape index (κ1) is 13.0. The van der Waals surface area contributed by atoms with E-state index >= 15 is 0 Å². The van der Waals surface area contributed by atoms with Gasteiger partial charge in [-0.2, -0.15) is 0 Å². The molecular formula is C14H24O2. The fraction of sp³-hybridized carbons (Fsp3) is 0.643. The van der Waals surface area contributed by atoms with Crippen LogP contribution >= 0.6 is 0 Å². The van der Waals surface area contributed by atoms with Crippen molar-refractivity contribution in [2.45, 2.75) is 58.3 Å². The minimum atomic E-state index is -0.705. The summed E-state index contributed by atoms with van der Waals surface area (Å²) in [5, 5.41) is 8.45. The topological polar surface area (TPSA) is 37.3 Å². The molecular weight excluding hydrogens is 200 g/mol. The summed E-state index contributed by atoms with van der Waals surface area (Å²) < 4.78 is 7.66. The number of rotatable bonds is 10. The van der Waals surface area contributed by atoms with Crippen LogP contribution in [0.4, 0.5) is 0 Å². The number of aliphatic carboxylic acids is 1. The summed E-state index contributed by atoms with van der Waals surface area (Å²) in [6, 6.07) is 0.681. The van der Waals surface area contributed by atoms with Crippen molar-refractivity contribution in [2.75, 3.05) is 0 Å². The SMILES string of the molecule is [2H]/C(=C/C=C/CC)CCCCCCCC(=O)O. The van der Waals surface area contributed by atoms with Gasteiger partial charge in [-0.1, -0.05) is 50.5 Å². The largest absolute Gasteiger partial charge is 0.481 e. The predicted octanol–water partition coefficient (Wildman–Crippen LogP) is 4.32. The van der Waals surface area contributed by atoms with Crippen molar-refractivity contribution in [1.29, 1.82) is 0 Å². The summed E-state index contributed by atoms with van der Waals surface area (Å²) in [5.41, 5.74) is 0. The zero-order valence-corrected chi connectivity index (χ0v) is 10.2. The second-order valence-corrected chi connectivity index (χ2v) is 3.87. The molecule has 92 valence electrons. The first-order valence-corrected chi connectivity index (χ1v) is 6.21. The second-order valence-electron chi connectivity index (χ2n) is 3.87. The molecule has 0 rings (SSSR count). The lowest BCUT2D eigenvalue weighted by atomic mass is 10.1. The Morgan fingerprint density at radius 2 is 1.88 bits per heavy atom. The predicted molar refractivity (Wildman–Crippen MR) is 68.5 cm³/mol. The first-order valence-electron chi connectivity index (χ1n) is 6.71. The second kappa shape index (κ2) is 12.0. The highest BCUT2D eigenvalue weighted by Gasteiger charge is 1.95. The molecule has 0 aliphatic carbocycles. The van der Waals surface area contributed by atoms with Crippen LogP contribution in [0.1, 0.15) is 59.7 Å². The van der Waals surface area contributed by atoms with Gasteiger partial charge in [0.05, 0.1) is 1.37 Å². The lowest BCUT2D eigenvalue weighted by molar-refractivity contribution is -0.137. The third-order valence-corrected chi connectivity index (χ3v) is 2.30. The zero-order valence-electron chi connectivity index (χ0n) is 11.2. The maximum Gasteiger partial charge on any atom is 0.303 e. The summed E-state index contributed by atoms with van der Waals surface area (Å²) in [7, 11) is 0. The Kier molecular flexibility index (Phi) is 9.78. The van der Waals surface area contributed by atoms with Crippen LogP contribution in [0.2, 0.25) is 0 Å². The van der Waals surface area contributed by atoms with E-state index in [0.717, 1.165) is 44.9 Å². The molecule has 0 spiro atoms. The van der Waals surface area contributed by atoms with Gasteiger partial charge in [0, 0.05) is 6.42 Å². The molecule has 0 amide bonds. The van der Waals surface area contributed by atoms with Crippen molar-refractivity contribution in [1.82, 2.24) is 0 Å². The molecule has 0 aromatic rings. The minimum Gasteiger partial charge on any atom is -0.481 e. The van der Waals surface area contributed by atoms with Crippen molar-refractivity contribution in [2.24, 2.45) is 0 Å². The zero-order chi connectivity index (χ0) is 12.9. The van der Waals surface area contributed by atoms with Crippen LogP contribution in [0.5, 0.6) is 0 Å². The third-order valence-electron chi connectivity index (χ3n) is 2.30. The average molecular weight is 225 g/mol. The van der Waals surface area contributed by atoms with E-state index < -0.39 is 5.97 Å². The number of unbranched alkanes of at least 4 members (excludes halogenated alkanes) is 4. The summed E-state index contributed by atoms with van der Waals surface area (Å²) in [6.45, 7) is 2.07. The van der Waals surface area contributed by atoms with Crippen LogP contribution in [0, 0.1) is 0 Å². The van der Waals surface area contributed by atoms with E-state index in [1.165, 1.54) is 0 Å². The maximum absolute atomic E-state index is 10.3. The Balaban J connectivity index is 3.36. The number of hydrogen-bond acceptors (Lipinski definition) is 1. The van der Waals surface area contributed by atoms with Gasteiger partial charge in [-0.15, -0.1) is 0 Å². The summed E-state index contributed by atoms with van der Waals surface area (Å²) >= 11 is 0. The number of carbonyl (C=O) groups is 1. The number of carboxylic acid groups (broad SMARTS) is 1. The van der Waals surface area contributed by atoms with Gasteiger partial charge < -0.3 is 5.11 Å². The van der Waals surface area contributed by atoms with Gasteiger partial charge in [-0.05, 0) is 25.7 Å². The summed E-state index contributed by atoms with van der Waals surface area (Å²) in [4.78, 5) is 10.3. The lowest BCUT2D eigenvalue weighted by Gasteiger charge is -1.97. The number of allylic oxidation sites excluding steroid dienone is 4. The van der Waals surface area contributed by atoms with E-state index in [0.29, 0.717) is 6.05 Å². The molecule has 16 heavy (non-hydrogen) atoms. The fourth-order valence-electron chi connectivity index (χ4n) is 1.39. The molecule has 0 aliphatic heterocycles. The molecule has 0 saturated heterocycles. The lowest BCUT2D eigenvalue weighted by Crippen LogP contribution is -1.93. The van der Waals surface area contributed by atoms with Crippen LogP contribution in [0.25, 0.3) is 0 Å². The van der Waals surface area contributed by atoms with Crippen LogP contribution in [-0.4, -0.2) is 11.1 Å². The van der Waals surface area contributed by atoms with Gasteiger partial charge in [0.2, 0.25) is 0 Å². The highest BCUT2D eigenvalue weighted by Crippen LogP contribution is 2.07. The highest BCUT2D eigenvalue weighted by atomic mass is 16.4. The molecule has 0 aromatic carbocycles. The molecule has 0 atom stereocenters. The maximum atomic E-state index is 10.3. The van der Waals surface area contributed by atoms with Gasteiger partial charge in [-0.25, -0.2) is 0 Å². The van der Waals surface area contributed by atoms with E-state index in [9.17, 15) is 4.79 Å². The van der Waals surface area contributed by atoms with Crippen molar-refractivity contribution >= 4 is 5.97 Å². The molecule has 0 heterocycles. The van der Waals surface area contributed by atoms with Gasteiger partial charge in [0.15, 0.2) is 0 Å². The van der Waals surface area contributed by atoms with Gasteiger partial charge in [0.1, 0.15) is 0 Å². The van der Waals surface area contributed by atoms with E-state index in [1.807, 2.05) is 18.2 Å². The molecule has 0 fully saturated rings. The van der Waals surface area contributed by atoms with Gasteiger partial charge >= 0.3 is 5.97 Å². The monoisotopic (exact) mass is 225 g/mol. The van der Waals surface area contributed by atoms with Crippen LogP contribution < -0.4 is 0 Å². The van der Waals surface area contributed by atoms with Crippen molar-refractivity contribution in [3.8, 4) is 0 Å². The Labute approximate surface area is 100 Å². The van der Waals surface area contributed by atoms with E-state index in [4.69, 9.17) is 6.48 Å². The van der Waals surface area contributed by atoms with Crippen molar-refractivity contribution in [3.63, 3.8) is 0 Å². The van der Waals surface area contributed by atoms with E-state index in [2.05, 4.69) is 6.92 Å². The number of hydrogen-bond donors (Lipinski definition) is 1. The van der Waals surface area contributed by atoms with Crippen molar-refractivity contribution < 1.29 is 11.3 Å². The fourth-order valence-corrected chi connectivity index (χ4v) is 1.39. The molecule has 1 N–H and O–H groups in total. The van der Waals surface area contributed by atoms with E-state index in [-0.39, 0.29) is 6.42 Å². The molecule has 0 bridgehead atoms. The smallest absolute Gasteiger partial charge is 0.303 e. The normalized spacial score (nSPS) is 13.1. The Bertz CT molecular complexity index is 257. The summed E-state index contributed by atoms with van der Waals surface area (Å²) in [6.07, 6.45) is 12.9.